The van der Waals surface area contributed by atoms with Crippen molar-refractivity contribution in [3.05, 3.63) is 202 Å². The van der Waals surface area contributed by atoms with E-state index in [-0.39, 0.29) is 55.6 Å². The Kier molecular flexibility index (Phi) is 15.7. The normalized spacial score (nSPS) is 14.1. The van der Waals surface area contributed by atoms with Crippen LogP contribution >= 0.6 is 0 Å². The number of nitrogens with zero attached hydrogens (tertiary/aromatic N) is 6. The van der Waals surface area contributed by atoms with Gasteiger partial charge in [-0.2, -0.15) is 11.6 Å². The molecular formula is C71H77N6OPt-3. The van der Waals surface area contributed by atoms with Crippen LogP contribution in [0.15, 0.2) is 140 Å². The van der Waals surface area contributed by atoms with Crippen LogP contribution in [0, 0.1) is 12.1 Å². The Morgan fingerprint density at radius 2 is 1.06 bits per heavy atom. The van der Waals surface area contributed by atoms with Crippen LogP contribution in [-0.4, -0.2) is 19.5 Å². The van der Waals surface area contributed by atoms with Crippen LogP contribution in [0.4, 0.5) is 17.1 Å². The first kappa shape index (κ1) is 55.5. The van der Waals surface area contributed by atoms with Gasteiger partial charge in [0.15, 0.2) is 0 Å². The zero-order chi connectivity index (χ0) is 56.5. The van der Waals surface area contributed by atoms with E-state index in [1.165, 1.54) is 39.1 Å². The summed E-state index contributed by atoms with van der Waals surface area (Å²) in [7, 11) is 0. The van der Waals surface area contributed by atoms with E-state index in [2.05, 4.69) is 256 Å². The first-order valence-corrected chi connectivity index (χ1v) is 28.0. The van der Waals surface area contributed by atoms with Crippen molar-refractivity contribution < 1.29 is 27.2 Å². The second-order valence-electron chi connectivity index (χ2n) is 24.8. The molecule has 0 amide bonds. The summed E-state index contributed by atoms with van der Waals surface area (Å²) in [5.41, 5.74) is 19.0. The maximum Gasteiger partial charge on any atom is 0.130 e. The van der Waals surface area contributed by atoms with Crippen molar-refractivity contribution in [1.82, 2.24) is 19.5 Å². The minimum absolute atomic E-state index is 0. The number of aromatic nitrogens is 4. The molecular weight excluding hydrogens is 1150 g/mol. The Balaban J connectivity index is 0.00000774. The van der Waals surface area contributed by atoms with E-state index in [1.807, 2.05) is 26.2 Å². The monoisotopic (exact) mass is 1230 g/mol. The van der Waals surface area contributed by atoms with Crippen LogP contribution in [0.3, 0.4) is 0 Å². The van der Waals surface area contributed by atoms with Crippen molar-refractivity contribution in [2.24, 2.45) is 0 Å². The molecule has 1 aliphatic heterocycles. The fraction of sp³-hybridized carbons (Fsp3) is 0.338. The number of rotatable bonds is 13. The van der Waals surface area contributed by atoms with Gasteiger partial charge in [-0.25, -0.2) is 9.97 Å². The van der Waals surface area contributed by atoms with Crippen molar-refractivity contribution in [2.45, 2.75) is 157 Å². The van der Waals surface area contributed by atoms with Crippen molar-refractivity contribution in [1.29, 1.82) is 0 Å². The van der Waals surface area contributed by atoms with E-state index in [4.69, 9.17) is 16.4 Å². The van der Waals surface area contributed by atoms with Crippen LogP contribution in [0.25, 0.3) is 55.7 Å². The number of anilines is 2. The van der Waals surface area contributed by atoms with Gasteiger partial charge in [-0.1, -0.05) is 184 Å². The molecule has 7 nitrogen and oxygen atoms in total. The van der Waals surface area contributed by atoms with Crippen molar-refractivity contribution in [3.63, 3.8) is 0 Å². The number of para-hydroxylation sites is 4. The van der Waals surface area contributed by atoms with Crippen LogP contribution in [-0.2, 0) is 31.9 Å². The number of fused-ring (bicyclic) bond motifs is 2. The Morgan fingerprint density at radius 1 is 0.557 bits per heavy atom. The van der Waals surface area contributed by atoms with E-state index < -0.39 is 12.1 Å². The van der Waals surface area contributed by atoms with Gasteiger partial charge in [0.25, 0.3) is 0 Å². The molecule has 410 valence electrons. The van der Waals surface area contributed by atoms with E-state index in [0.717, 1.165) is 67.3 Å². The predicted octanol–water partition coefficient (Wildman–Crippen LogP) is 20.3. The van der Waals surface area contributed by atoms with E-state index in [0.29, 0.717) is 17.3 Å². The second kappa shape index (κ2) is 22.4. The summed E-state index contributed by atoms with van der Waals surface area (Å²) < 4.78 is 18.2. The molecule has 0 bridgehead atoms. The third-order valence-corrected chi connectivity index (χ3v) is 15.2. The minimum Gasteiger partial charge on any atom is -0.661 e. The number of ether oxygens (including phenoxy) is 1. The van der Waals surface area contributed by atoms with Crippen LogP contribution in [0.2, 0.25) is 0 Å². The smallest absolute Gasteiger partial charge is 0.130 e. The topological polar surface area (TPSA) is 70.2 Å². The zero-order valence-electron chi connectivity index (χ0n) is 50.1. The van der Waals surface area contributed by atoms with Gasteiger partial charge in [-0.3, -0.25) is 4.98 Å². The molecule has 7 aromatic carbocycles. The van der Waals surface area contributed by atoms with Crippen LogP contribution < -0.4 is 9.64 Å². The minimum atomic E-state index is -0.896. The molecule has 0 saturated carbocycles. The van der Waals surface area contributed by atoms with E-state index >= 15 is 0 Å². The largest absolute Gasteiger partial charge is 0.661 e. The third-order valence-electron chi connectivity index (χ3n) is 15.2. The molecule has 0 aliphatic carbocycles. The number of hydrogen-bond acceptors (Lipinski definition) is 5. The summed E-state index contributed by atoms with van der Waals surface area (Å²) in [6.07, 6.45) is 3.27. The molecule has 1 unspecified atom stereocenters. The molecule has 9 aromatic rings. The predicted molar refractivity (Wildman–Crippen MR) is 326 cm³/mol. The van der Waals surface area contributed by atoms with Crippen molar-refractivity contribution in [3.8, 4) is 50.8 Å². The summed E-state index contributed by atoms with van der Waals surface area (Å²) in [6.45, 7) is 35.4. The van der Waals surface area contributed by atoms with Gasteiger partial charge in [-0.05, 0) is 122 Å². The maximum absolute atomic E-state index is 8.55. The van der Waals surface area contributed by atoms with Gasteiger partial charge in [0.05, 0.1) is 16.9 Å². The SMILES string of the molecule is [2H]C(C)(C)c1ncc(-c2cc(C(C)C)c(N3c4ccccc4[N-]C3c3[c-]c(Oc4[c-]c(-c5nc6ccccc6n5-c5c(C(C)C)cc(-c6ccccc6)cc5C(C)C)cc(C(C)(C)C)c4)cc(C(C)(C)C)c3)c(C(C)C)c2)cn1.[Pt]. The Hall–Kier alpha value is -6.82. The Bertz CT molecular complexity index is 3650. The quantitative estimate of drug-likeness (QED) is 0.108. The van der Waals surface area contributed by atoms with Gasteiger partial charge in [0.2, 0.25) is 0 Å². The molecule has 3 heterocycles. The molecule has 0 fully saturated rings. The molecule has 10 rings (SSSR count). The standard InChI is InChI=1S/C71H77N6O.Pt/c1-42(2)57-34-48(47-24-18-17-19-25-47)35-58(43(3)4)65(57)76-63-28-22-20-26-61(63)74-68(76)50-30-53(70(11,12)13)38-55(32-50)78-56-33-51(31-54(39-56)71(14,15)16)69-75-62-27-21-23-29-64(62)77(69)66-59(44(5)6)36-49(37-60(66)45(7)8)52-40-72-67(46(9)10)73-41-52;/h17-31,34-46,69H,1-16H3;/q-3;/i46D;. The molecule has 0 saturated heterocycles. The van der Waals surface area contributed by atoms with Gasteiger partial charge in [0, 0.05) is 74.8 Å². The maximum atomic E-state index is 8.55. The fourth-order valence-corrected chi connectivity index (χ4v) is 10.8. The molecule has 0 spiro atoms. The Labute approximate surface area is 487 Å². The second-order valence-corrected chi connectivity index (χ2v) is 24.8. The number of imidazole rings is 1. The summed E-state index contributed by atoms with van der Waals surface area (Å²) >= 11 is 0. The van der Waals surface area contributed by atoms with Crippen molar-refractivity contribution in [2.75, 3.05) is 4.90 Å². The van der Waals surface area contributed by atoms with Crippen molar-refractivity contribution >= 4 is 28.1 Å². The van der Waals surface area contributed by atoms with E-state index in [1.54, 1.807) is 0 Å². The van der Waals surface area contributed by atoms with Crippen LogP contribution in [0.5, 0.6) is 11.5 Å². The fourth-order valence-electron chi connectivity index (χ4n) is 10.8. The van der Waals surface area contributed by atoms with Gasteiger partial charge >= 0.3 is 0 Å². The molecule has 1 atom stereocenters. The molecule has 0 N–H and O–H groups in total. The molecule has 8 heteroatoms. The summed E-state index contributed by atoms with van der Waals surface area (Å²) in [5, 5.41) is 5.57. The number of benzene rings is 7. The average Bonchev–Trinajstić information content (AvgIpc) is 4.16. The van der Waals surface area contributed by atoms with Gasteiger partial charge < -0.3 is 19.5 Å². The summed E-state index contributed by atoms with van der Waals surface area (Å²) in [5.74, 6) is 2.37. The zero-order valence-corrected chi connectivity index (χ0v) is 51.3. The summed E-state index contributed by atoms with van der Waals surface area (Å²) in [4.78, 5) is 17.3. The van der Waals surface area contributed by atoms with Gasteiger partial charge in [0.1, 0.15) is 5.82 Å². The molecule has 0 radical (unpaired) electrons. The molecule has 2 aromatic heterocycles. The average molecular weight is 1230 g/mol. The summed E-state index contributed by atoms with van der Waals surface area (Å²) in [6, 6.07) is 53.5. The Morgan fingerprint density at radius 3 is 1.63 bits per heavy atom. The van der Waals surface area contributed by atoms with E-state index in [9.17, 15) is 0 Å². The first-order valence-electron chi connectivity index (χ1n) is 28.5. The molecule has 1 aliphatic rings. The van der Waals surface area contributed by atoms with Crippen LogP contribution in [0.1, 0.15) is 193 Å². The molecule has 79 heavy (non-hydrogen) atoms. The van der Waals surface area contributed by atoms with Gasteiger partial charge in [-0.15, -0.1) is 40.6 Å². The third kappa shape index (κ3) is 11.4. The first-order chi connectivity index (χ1) is 37.3. The number of hydrogen-bond donors (Lipinski definition) is 0.